The Morgan fingerprint density at radius 2 is 2.00 bits per heavy atom. The highest BCUT2D eigenvalue weighted by molar-refractivity contribution is 5.57. The summed E-state index contributed by atoms with van der Waals surface area (Å²) < 4.78 is 0. The maximum Gasteiger partial charge on any atom is 0.112 e. The Morgan fingerprint density at radius 1 is 1.29 bits per heavy atom. The number of rotatable bonds is 4. The van der Waals surface area contributed by atoms with Crippen LogP contribution in [0.2, 0.25) is 0 Å². The van der Waals surface area contributed by atoms with E-state index in [1.807, 2.05) is 18.3 Å². The highest BCUT2D eigenvalue weighted by Gasteiger charge is 2.23. The van der Waals surface area contributed by atoms with Crippen LogP contribution in [0.4, 0.5) is 0 Å². The van der Waals surface area contributed by atoms with E-state index in [0.29, 0.717) is 6.54 Å². The van der Waals surface area contributed by atoms with Crippen LogP contribution < -0.4 is 5.73 Å². The minimum atomic E-state index is -0.0139. The van der Waals surface area contributed by atoms with E-state index in [9.17, 15) is 0 Å². The second-order valence-corrected chi connectivity index (χ2v) is 4.80. The summed E-state index contributed by atoms with van der Waals surface area (Å²) in [5.74, 6) is 0.981. The molecule has 4 heteroatoms. The molecule has 0 radical (unpaired) electrons. The Bertz CT molecular complexity index is 473. The number of nitrogens with one attached hydrogen (secondary N) is 1. The number of nitrogens with zero attached hydrogens (tertiary/aromatic N) is 2. The summed E-state index contributed by atoms with van der Waals surface area (Å²) >= 11 is 0. The molecule has 0 atom stereocenters. The highest BCUT2D eigenvalue weighted by Crippen LogP contribution is 2.26. The summed E-state index contributed by atoms with van der Waals surface area (Å²) in [6.45, 7) is 4.96. The molecule has 0 fully saturated rings. The Hall–Kier alpha value is -1.68. The van der Waals surface area contributed by atoms with E-state index >= 15 is 0 Å². The number of pyridine rings is 1. The SMILES string of the molecule is CC(C)(CCN)c1ncc(-c2ccncc2)[nH]1. The fraction of sp³-hybridized carbons (Fsp3) is 0.385. The number of aromatic amines is 1. The van der Waals surface area contributed by atoms with Gasteiger partial charge >= 0.3 is 0 Å². The molecule has 0 aromatic carbocycles. The van der Waals surface area contributed by atoms with Crippen LogP contribution in [-0.2, 0) is 5.41 Å². The molecule has 0 unspecified atom stereocenters. The van der Waals surface area contributed by atoms with Gasteiger partial charge in [0.2, 0.25) is 0 Å². The second kappa shape index (κ2) is 4.67. The molecule has 0 aliphatic carbocycles. The van der Waals surface area contributed by atoms with Crippen LogP contribution in [0.1, 0.15) is 26.1 Å². The second-order valence-electron chi connectivity index (χ2n) is 4.80. The van der Waals surface area contributed by atoms with Gasteiger partial charge in [0, 0.05) is 23.4 Å². The minimum absolute atomic E-state index is 0.0139. The molecule has 0 aliphatic rings. The van der Waals surface area contributed by atoms with Crippen molar-refractivity contribution in [2.75, 3.05) is 6.54 Å². The van der Waals surface area contributed by atoms with Crippen LogP contribution in [0.15, 0.2) is 30.7 Å². The normalized spacial score (nSPS) is 11.7. The van der Waals surface area contributed by atoms with E-state index in [1.165, 1.54) is 0 Å². The van der Waals surface area contributed by atoms with Crippen molar-refractivity contribution in [3.05, 3.63) is 36.5 Å². The molecule has 0 bridgehead atoms. The van der Waals surface area contributed by atoms with Gasteiger partial charge in [0.1, 0.15) is 5.82 Å². The number of imidazole rings is 1. The minimum Gasteiger partial charge on any atom is -0.342 e. The van der Waals surface area contributed by atoms with E-state index in [4.69, 9.17) is 5.73 Å². The van der Waals surface area contributed by atoms with Gasteiger partial charge < -0.3 is 10.7 Å². The van der Waals surface area contributed by atoms with Crippen molar-refractivity contribution < 1.29 is 0 Å². The molecule has 0 saturated heterocycles. The molecule has 3 N–H and O–H groups in total. The molecule has 0 saturated carbocycles. The highest BCUT2D eigenvalue weighted by atomic mass is 14.9. The maximum atomic E-state index is 5.62. The van der Waals surface area contributed by atoms with E-state index < -0.39 is 0 Å². The molecule has 0 aliphatic heterocycles. The standard InChI is InChI=1S/C13H18N4/c1-13(2,5-6-14)12-16-9-11(17-12)10-3-7-15-8-4-10/h3-4,7-9H,5-6,14H2,1-2H3,(H,16,17). The van der Waals surface area contributed by atoms with Crippen LogP contribution in [-0.4, -0.2) is 21.5 Å². The van der Waals surface area contributed by atoms with Gasteiger partial charge in [-0.15, -0.1) is 0 Å². The molecular formula is C13H18N4. The summed E-state index contributed by atoms with van der Waals surface area (Å²) in [4.78, 5) is 11.8. The maximum absolute atomic E-state index is 5.62. The third kappa shape index (κ3) is 2.53. The first-order valence-electron chi connectivity index (χ1n) is 5.79. The van der Waals surface area contributed by atoms with Crippen molar-refractivity contribution in [2.45, 2.75) is 25.7 Å². The summed E-state index contributed by atoms with van der Waals surface area (Å²) in [5, 5.41) is 0. The molecule has 0 amide bonds. The van der Waals surface area contributed by atoms with E-state index in [-0.39, 0.29) is 5.41 Å². The number of hydrogen-bond donors (Lipinski definition) is 2. The zero-order valence-electron chi connectivity index (χ0n) is 10.3. The predicted molar refractivity (Wildman–Crippen MR) is 68.5 cm³/mol. The zero-order chi connectivity index (χ0) is 12.3. The zero-order valence-corrected chi connectivity index (χ0v) is 10.3. The third-order valence-corrected chi connectivity index (χ3v) is 2.98. The third-order valence-electron chi connectivity index (χ3n) is 2.98. The Morgan fingerprint density at radius 3 is 2.65 bits per heavy atom. The lowest BCUT2D eigenvalue weighted by Crippen LogP contribution is -2.23. The molecule has 2 aromatic rings. The quantitative estimate of drug-likeness (QED) is 0.845. The fourth-order valence-corrected chi connectivity index (χ4v) is 1.82. The van der Waals surface area contributed by atoms with Crippen molar-refractivity contribution in [3.63, 3.8) is 0 Å². The molecule has 90 valence electrons. The van der Waals surface area contributed by atoms with E-state index in [2.05, 4.69) is 28.8 Å². The van der Waals surface area contributed by atoms with Crippen LogP contribution >= 0.6 is 0 Å². The summed E-state index contributed by atoms with van der Waals surface area (Å²) in [5.41, 5.74) is 7.73. The number of nitrogens with two attached hydrogens (primary N) is 1. The average molecular weight is 230 g/mol. The number of aromatic nitrogens is 3. The molecular weight excluding hydrogens is 212 g/mol. The van der Waals surface area contributed by atoms with Crippen LogP contribution in [0.25, 0.3) is 11.3 Å². The lowest BCUT2D eigenvalue weighted by atomic mass is 9.88. The number of hydrogen-bond acceptors (Lipinski definition) is 3. The Balaban J connectivity index is 2.28. The molecule has 2 aromatic heterocycles. The van der Waals surface area contributed by atoms with Gasteiger partial charge in [0.15, 0.2) is 0 Å². The van der Waals surface area contributed by atoms with Gasteiger partial charge in [-0.1, -0.05) is 13.8 Å². The number of H-pyrrole nitrogens is 1. The molecule has 2 heterocycles. The predicted octanol–water partition coefficient (Wildman–Crippen LogP) is 2.10. The first kappa shape index (κ1) is 11.8. The van der Waals surface area contributed by atoms with Crippen LogP contribution in [0.5, 0.6) is 0 Å². The van der Waals surface area contributed by atoms with Gasteiger partial charge in [-0.2, -0.15) is 0 Å². The van der Waals surface area contributed by atoms with E-state index in [1.54, 1.807) is 12.4 Å². The van der Waals surface area contributed by atoms with Gasteiger partial charge in [-0.05, 0) is 25.1 Å². The first-order chi connectivity index (χ1) is 8.13. The van der Waals surface area contributed by atoms with Crippen molar-refractivity contribution in [1.82, 2.24) is 15.0 Å². The van der Waals surface area contributed by atoms with Crippen molar-refractivity contribution >= 4 is 0 Å². The summed E-state index contributed by atoms with van der Waals surface area (Å²) in [7, 11) is 0. The van der Waals surface area contributed by atoms with Crippen molar-refractivity contribution in [2.24, 2.45) is 5.73 Å². The topological polar surface area (TPSA) is 67.6 Å². The summed E-state index contributed by atoms with van der Waals surface area (Å²) in [6, 6.07) is 3.93. The lowest BCUT2D eigenvalue weighted by molar-refractivity contribution is 0.462. The van der Waals surface area contributed by atoms with Gasteiger partial charge in [0.25, 0.3) is 0 Å². The van der Waals surface area contributed by atoms with Crippen molar-refractivity contribution in [1.29, 1.82) is 0 Å². The van der Waals surface area contributed by atoms with Gasteiger partial charge in [0.05, 0.1) is 11.9 Å². The molecule has 2 rings (SSSR count). The molecule has 17 heavy (non-hydrogen) atoms. The van der Waals surface area contributed by atoms with Gasteiger partial charge in [-0.25, -0.2) is 4.98 Å². The molecule has 4 nitrogen and oxygen atoms in total. The molecule has 0 spiro atoms. The lowest BCUT2D eigenvalue weighted by Gasteiger charge is -2.20. The monoisotopic (exact) mass is 230 g/mol. The van der Waals surface area contributed by atoms with E-state index in [0.717, 1.165) is 23.5 Å². The van der Waals surface area contributed by atoms with Crippen LogP contribution in [0.3, 0.4) is 0 Å². The summed E-state index contributed by atoms with van der Waals surface area (Å²) in [6.07, 6.45) is 6.33. The first-order valence-corrected chi connectivity index (χ1v) is 5.79. The smallest absolute Gasteiger partial charge is 0.112 e. The van der Waals surface area contributed by atoms with Gasteiger partial charge in [-0.3, -0.25) is 4.98 Å². The average Bonchev–Trinajstić information content (AvgIpc) is 2.80. The Kier molecular flexibility index (Phi) is 3.24. The fourth-order valence-electron chi connectivity index (χ4n) is 1.82. The van der Waals surface area contributed by atoms with Crippen LogP contribution in [0, 0.1) is 0 Å². The van der Waals surface area contributed by atoms with Crippen molar-refractivity contribution in [3.8, 4) is 11.3 Å². The largest absolute Gasteiger partial charge is 0.342 e. The Labute approximate surface area is 101 Å².